The smallest absolute Gasteiger partial charge is 0.207 e. The average molecular weight is 377 g/mol. The van der Waals surface area contributed by atoms with Crippen molar-refractivity contribution < 1.29 is 8.42 Å². The van der Waals surface area contributed by atoms with Gasteiger partial charge in [0.15, 0.2) is 0 Å². The van der Waals surface area contributed by atoms with Crippen molar-refractivity contribution in [3.8, 4) is 11.1 Å². The van der Waals surface area contributed by atoms with E-state index >= 15 is 0 Å². The summed E-state index contributed by atoms with van der Waals surface area (Å²) >= 11 is 0. The molecule has 0 aromatic heterocycles. The summed E-state index contributed by atoms with van der Waals surface area (Å²) in [5.41, 5.74) is 3.09. The third-order valence-corrected chi connectivity index (χ3v) is 7.36. The monoisotopic (exact) mass is 376 g/mol. The van der Waals surface area contributed by atoms with Crippen molar-refractivity contribution in [3.63, 3.8) is 0 Å². The van der Waals surface area contributed by atoms with Crippen LogP contribution in [-0.2, 0) is 9.84 Å². The van der Waals surface area contributed by atoms with Crippen LogP contribution in [0.5, 0.6) is 0 Å². The van der Waals surface area contributed by atoms with E-state index in [1.54, 1.807) is 36.4 Å². The van der Waals surface area contributed by atoms with Gasteiger partial charge in [-0.05, 0) is 48.1 Å². The van der Waals surface area contributed by atoms with Crippen LogP contribution in [0.2, 0.25) is 0 Å². The Bertz CT molecular complexity index is 1000. The largest absolute Gasteiger partial charge is 0.218 e. The fraction of sp³-hybridized carbons (Fsp3) is 0.250. The molecule has 3 aromatic rings. The molecule has 27 heavy (non-hydrogen) atoms. The van der Waals surface area contributed by atoms with Gasteiger partial charge in [-0.2, -0.15) is 0 Å². The molecule has 0 heterocycles. The van der Waals surface area contributed by atoms with Gasteiger partial charge >= 0.3 is 0 Å². The maximum atomic E-state index is 13.1. The van der Waals surface area contributed by atoms with Gasteiger partial charge < -0.3 is 0 Å². The lowest BCUT2D eigenvalue weighted by molar-refractivity contribution is 0.443. The van der Waals surface area contributed by atoms with Crippen molar-refractivity contribution in [2.24, 2.45) is 0 Å². The second-order valence-corrected chi connectivity index (χ2v) is 9.19. The fourth-order valence-electron chi connectivity index (χ4n) is 4.04. The van der Waals surface area contributed by atoms with Crippen molar-refractivity contribution in [2.75, 3.05) is 0 Å². The van der Waals surface area contributed by atoms with E-state index in [1.807, 2.05) is 18.2 Å². The zero-order valence-corrected chi connectivity index (χ0v) is 16.2. The van der Waals surface area contributed by atoms with Gasteiger partial charge in [0.05, 0.1) is 9.79 Å². The third kappa shape index (κ3) is 3.70. The summed E-state index contributed by atoms with van der Waals surface area (Å²) in [6.45, 7) is 0. The molecule has 1 fully saturated rings. The molecular weight excluding hydrogens is 352 g/mol. The van der Waals surface area contributed by atoms with Gasteiger partial charge in [0.2, 0.25) is 9.84 Å². The first-order valence-electron chi connectivity index (χ1n) is 9.66. The molecule has 0 spiro atoms. The van der Waals surface area contributed by atoms with Crippen LogP contribution >= 0.6 is 0 Å². The summed E-state index contributed by atoms with van der Waals surface area (Å²) in [6, 6.07) is 24.4. The molecule has 1 saturated carbocycles. The van der Waals surface area contributed by atoms with Gasteiger partial charge in [0.25, 0.3) is 0 Å². The maximum Gasteiger partial charge on any atom is 0.207 e. The molecule has 0 unspecified atom stereocenters. The molecule has 1 aliphatic carbocycles. The van der Waals surface area contributed by atoms with Gasteiger partial charge in [0.1, 0.15) is 0 Å². The van der Waals surface area contributed by atoms with Gasteiger partial charge in [-0.3, -0.25) is 0 Å². The Morgan fingerprint density at radius 2 is 1.30 bits per heavy atom. The second kappa shape index (κ2) is 7.69. The molecule has 138 valence electrons. The zero-order chi connectivity index (χ0) is 18.7. The minimum absolute atomic E-state index is 0.330. The van der Waals surface area contributed by atoms with E-state index in [2.05, 4.69) is 24.3 Å². The molecule has 0 bridgehead atoms. The topological polar surface area (TPSA) is 34.1 Å². The molecular formula is C24H24O2S. The lowest BCUT2D eigenvalue weighted by Crippen LogP contribution is -2.05. The van der Waals surface area contributed by atoms with Crippen LogP contribution in [-0.4, -0.2) is 8.42 Å². The molecule has 0 amide bonds. The SMILES string of the molecule is O=S(=O)(c1ccccc1)c1ccccc1-c1ccc(C2CCCCC2)cc1. The summed E-state index contributed by atoms with van der Waals surface area (Å²) in [7, 11) is -3.55. The quantitative estimate of drug-likeness (QED) is 0.540. The average Bonchev–Trinajstić information content (AvgIpc) is 2.75. The molecule has 0 atom stereocenters. The van der Waals surface area contributed by atoms with E-state index < -0.39 is 9.84 Å². The van der Waals surface area contributed by atoms with Crippen molar-refractivity contribution in [3.05, 3.63) is 84.4 Å². The highest BCUT2D eigenvalue weighted by molar-refractivity contribution is 7.91. The maximum absolute atomic E-state index is 13.1. The van der Waals surface area contributed by atoms with Crippen LogP contribution in [0, 0.1) is 0 Å². The van der Waals surface area contributed by atoms with E-state index in [-0.39, 0.29) is 0 Å². The minimum Gasteiger partial charge on any atom is -0.218 e. The standard InChI is InChI=1S/C24H24O2S/c25-27(26,22-11-5-2-6-12-22)24-14-8-7-13-23(24)21-17-15-20(16-18-21)19-9-3-1-4-10-19/h2,5-8,11-19H,1,3-4,9-10H2. The molecule has 1 aliphatic rings. The Morgan fingerprint density at radius 1 is 0.667 bits per heavy atom. The highest BCUT2D eigenvalue weighted by Gasteiger charge is 2.22. The van der Waals surface area contributed by atoms with E-state index in [4.69, 9.17) is 0 Å². The number of rotatable bonds is 4. The predicted octanol–water partition coefficient (Wildman–Crippen LogP) is 6.23. The fourth-order valence-corrected chi connectivity index (χ4v) is 5.54. The number of hydrogen-bond donors (Lipinski definition) is 0. The molecule has 3 aromatic carbocycles. The van der Waals surface area contributed by atoms with Crippen molar-refractivity contribution >= 4 is 9.84 Å². The van der Waals surface area contributed by atoms with Gasteiger partial charge in [-0.25, -0.2) is 8.42 Å². The van der Waals surface area contributed by atoms with E-state index in [1.165, 1.54) is 37.7 Å². The molecule has 3 heteroatoms. The van der Waals surface area contributed by atoms with Crippen LogP contribution in [0.25, 0.3) is 11.1 Å². The van der Waals surface area contributed by atoms with Crippen molar-refractivity contribution in [1.29, 1.82) is 0 Å². The Morgan fingerprint density at radius 3 is 2.00 bits per heavy atom. The Hall–Kier alpha value is -2.39. The molecule has 4 rings (SSSR count). The van der Waals surface area contributed by atoms with Crippen molar-refractivity contribution in [1.82, 2.24) is 0 Å². The third-order valence-electron chi connectivity index (χ3n) is 5.53. The Kier molecular flexibility index (Phi) is 5.13. The normalized spacial score (nSPS) is 15.6. The van der Waals surface area contributed by atoms with Crippen LogP contribution in [0.15, 0.2) is 88.7 Å². The van der Waals surface area contributed by atoms with Gasteiger partial charge in [-0.1, -0.05) is 79.9 Å². The van der Waals surface area contributed by atoms with E-state index in [0.29, 0.717) is 15.7 Å². The van der Waals surface area contributed by atoms with Gasteiger partial charge in [0, 0.05) is 5.56 Å². The lowest BCUT2D eigenvalue weighted by Gasteiger charge is -2.22. The summed E-state index contributed by atoms with van der Waals surface area (Å²) in [6.07, 6.45) is 6.49. The zero-order valence-electron chi connectivity index (χ0n) is 15.3. The van der Waals surface area contributed by atoms with E-state index in [0.717, 1.165) is 11.1 Å². The van der Waals surface area contributed by atoms with Gasteiger partial charge in [-0.15, -0.1) is 0 Å². The first kappa shape index (κ1) is 18.0. The summed E-state index contributed by atoms with van der Waals surface area (Å²) < 4.78 is 26.3. The summed E-state index contributed by atoms with van der Waals surface area (Å²) in [5.74, 6) is 0.649. The molecule has 0 radical (unpaired) electrons. The van der Waals surface area contributed by atoms with Crippen LogP contribution in [0.3, 0.4) is 0 Å². The summed E-state index contributed by atoms with van der Waals surface area (Å²) in [5, 5.41) is 0. The highest BCUT2D eigenvalue weighted by Crippen LogP contribution is 2.35. The predicted molar refractivity (Wildman–Crippen MR) is 110 cm³/mol. The first-order valence-corrected chi connectivity index (χ1v) is 11.1. The Labute approximate surface area is 161 Å². The first-order chi connectivity index (χ1) is 13.2. The molecule has 0 saturated heterocycles. The molecule has 0 aliphatic heterocycles. The van der Waals surface area contributed by atoms with Crippen molar-refractivity contribution in [2.45, 2.75) is 47.8 Å². The number of benzene rings is 3. The molecule has 0 N–H and O–H groups in total. The number of sulfone groups is 1. The highest BCUT2D eigenvalue weighted by atomic mass is 32.2. The molecule has 2 nitrogen and oxygen atoms in total. The van der Waals surface area contributed by atoms with Crippen LogP contribution < -0.4 is 0 Å². The Balaban J connectivity index is 1.71. The lowest BCUT2D eigenvalue weighted by atomic mass is 9.84. The minimum atomic E-state index is -3.55. The number of hydrogen-bond acceptors (Lipinski definition) is 2. The second-order valence-electron chi connectivity index (χ2n) is 7.27. The van der Waals surface area contributed by atoms with Crippen LogP contribution in [0.4, 0.5) is 0 Å². The van der Waals surface area contributed by atoms with Crippen LogP contribution in [0.1, 0.15) is 43.6 Å². The van der Waals surface area contributed by atoms with E-state index in [9.17, 15) is 8.42 Å². The summed E-state index contributed by atoms with van der Waals surface area (Å²) in [4.78, 5) is 0.692.